The lowest BCUT2D eigenvalue weighted by molar-refractivity contribution is 0.0932. The number of aromatic nitrogens is 6. The molecule has 7 rings (SSSR count). The lowest BCUT2D eigenvalue weighted by Crippen LogP contribution is -2.28. The minimum atomic E-state index is -0.911. The molecule has 0 unspecified atom stereocenters. The number of phenolic OH excluding ortho intramolecular Hbond substituents is 1. The molecule has 2 aromatic carbocycles. The first-order chi connectivity index (χ1) is 21.3. The number of pyridine rings is 2. The zero-order valence-corrected chi connectivity index (χ0v) is 23.4. The Morgan fingerprint density at radius 2 is 2.00 bits per heavy atom. The van der Waals surface area contributed by atoms with Crippen LogP contribution in [-0.4, -0.2) is 46.6 Å². The van der Waals surface area contributed by atoms with Crippen molar-refractivity contribution in [3.63, 3.8) is 0 Å². The van der Waals surface area contributed by atoms with Crippen LogP contribution >= 0.6 is 0 Å². The number of hydrogen-bond acceptors (Lipinski definition) is 8. The zero-order chi connectivity index (χ0) is 30.5. The van der Waals surface area contributed by atoms with E-state index in [2.05, 4.69) is 15.4 Å². The maximum absolute atomic E-state index is 14.5. The van der Waals surface area contributed by atoms with E-state index in [0.717, 1.165) is 34.5 Å². The standard InChI is InChI=1S/C32H25FN8O3/c1-17-12-27(40-11-3-10-36-40)38-31-28(17)39-30(22-4-2-9-35-29(22)34)41(31)20-6-7-21-18(13-20)5-8-25(21)37-32(44)23-14-19(16-42)26(43)15-24(23)33/h2-4,6-7,9-16,25,43H,5,8H2,1H3,(H2,34,35)(H,37,44)/t25-/m0/s1. The van der Waals surface area contributed by atoms with Crippen LogP contribution in [0.3, 0.4) is 0 Å². The SMILES string of the molecule is Cc1cc(-n2cccn2)nc2c1nc(-c1cccnc1N)n2-c1ccc2c(c1)CC[C@@H]2NC(=O)c1cc(C=O)c(O)cc1F. The first-order valence-electron chi connectivity index (χ1n) is 13.8. The molecule has 4 N–H and O–H groups in total. The van der Waals surface area contributed by atoms with Crippen LogP contribution in [0.4, 0.5) is 10.2 Å². The molecule has 44 heavy (non-hydrogen) atoms. The second-order valence-corrected chi connectivity index (χ2v) is 10.6. The number of nitrogen functional groups attached to an aromatic ring is 1. The van der Waals surface area contributed by atoms with Crippen molar-refractivity contribution in [3.05, 3.63) is 107 Å². The molecule has 0 aliphatic heterocycles. The number of hydrogen-bond donors (Lipinski definition) is 3. The van der Waals surface area contributed by atoms with Gasteiger partial charge in [0.1, 0.15) is 22.9 Å². The topological polar surface area (TPSA) is 154 Å². The molecule has 0 saturated carbocycles. The van der Waals surface area contributed by atoms with E-state index in [0.29, 0.717) is 53.3 Å². The Bertz CT molecular complexity index is 2110. The number of aldehydes is 1. The number of halogens is 1. The number of nitrogens with one attached hydrogen (secondary N) is 1. The summed E-state index contributed by atoms with van der Waals surface area (Å²) in [4.78, 5) is 38.4. The van der Waals surface area contributed by atoms with Crippen LogP contribution in [-0.2, 0) is 6.42 Å². The highest BCUT2D eigenvalue weighted by Crippen LogP contribution is 2.37. The molecule has 0 spiro atoms. The quantitative estimate of drug-likeness (QED) is 0.238. The summed E-state index contributed by atoms with van der Waals surface area (Å²) >= 11 is 0. The molecule has 6 aromatic rings. The second kappa shape index (κ2) is 10.4. The van der Waals surface area contributed by atoms with Gasteiger partial charge in [-0.3, -0.25) is 14.2 Å². The molecule has 0 fully saturated rings. The number of rotatable bonds is 6. The van der Waals surface area contributed by atoms with Crippen LogP contribution in [0.2, 0.25) is 0 Å². The smallest absolute Gasteiger partial charge is 0.254 e. The molecule has 0 saturated heterocycles. The summed E-state index contributed by atoms with van der Waals surface area (Å²) in [5.74, 6) is -0.560. The van der Waals surface area contributed by atoms with Gasteiger partial charge in [-0.15, -0.1) is 0 Å². The Hall–Kier alpha value is -5.91. The van der Waals surface area contributed by atoms with E-state index in [4.69, 9.17) is 15.7 Å². The van der Waals surface area contributed by atoms with Gasteiger partial charge in [-0.05, 0) is 78.9 Å². The first kappa shape index (κ1) is 27.0. The lowest BCUT2D eigenvalue weighted by Gasteiger charge is -2.16. The number of aromatic hydroxyl groups is 1. The van der Waals surface area contributed by atoms with Crippen LogP contribution in [0.15, 0.2) is 73.2 Å². The number of nitrogens with two attached hydrogens (primary N) is 1. The van der Waals surface area contributed by atoms with Gasteiger partial charge in [0.2, 0.25) is 0 Å². The van der Waals surface area contributed by atoms with Crippen LogP contribution in [0.1, 0.15) is 49.9 Å². The molecule has 218 valence electrons. The van der Waals surface area contributed by atoms with Gasteiger partial charge in [0.15, 0.2) is 23.6 Å². The number of fused-ring (bicyclic) bond motifs is 2. The van der Waals surface area contributed by atoms with Crippen LogP contribution in [0, 0.1) is 12.7 Å². The van der Waals surface area contributed by atoms with Gasteiger partial charge in [-0.25, -0.2) is 24.0 Å². The summed E-state index contributed by atoms with van der Waals surface area (Å²) in [6, 6.07) is 14.7. The number of nitrogens with zero attached hydrogens (tertiary/aromatic N) is 6. The molecule has 0 radical (unpaired) electrons. The maximum atomic E-state index is 14.5. The third-order valence-electron chi connectivity index (χ3n) is 7.87. The van der Waals surface area contributed by atoms with Crippen molar-refractivity contribution in [2.75, 3.05) is 5.73 Å². The summed E-state index contributed by atoms with van der Waals surface area (Å²) in [5.41, 5.74) is 11.4. The molecule has 1 atom stereocenters. The second-order valence-electron chi connectivity index (χ2n) is 10.6. The molecule has 0 bridgehead atoms. The number of aryl methyl sites for hydroxylation is 2. The number of benzene rings is 2. The van der Waals surface area contributed by atoms with Gasteiger partial charge in [0.05, 0.1) is 22.7 Å². The fourth-order valence-corrected chi connectivity index (χ4v) is 5.71. The normalized spacial score (nSPS) is 14.1. The van der Waals surface area contributed by atoms with Gasteiger partial charge in [-0.2, -0.15) is 5.10 Å². The van der Waals surface area contributed by atoms with E-state index in [9.17, 15) is 19.1 Å². The van der Waals surface area contributed by atoms with E-state index < -0.39 is 17.5 Å². The van der Waals surface area contributed by atoms with E-state index in [-0.39, 0.29) is 17.2 Å². The van der Waals surface area contributed by atoms with Crippen molar-refractivity contribution in [2.45, 2.75) is 25.8 Å². The Morgan fingerprint density at radius 3 is 2.77 bits per heavy atom. The van der Waals surface area contributed by atoms with Crippen molar-refractivity contribution in [3.8, 4) is 28.6 Å². The summed E-state index contributed by atoms with van der Waals surface area (Å²) in [6.07, 6.45) is 6.76. The van der Waals surface area contributed by atoms with E-state index in [1.54, 1.807) is 23.1 Å². The number of anilines is 1. The monoisotopic (exact) mass is 588 g/mol. The zero-order valence-electron chi connectivity index (χ0n) is 23.4. The highest BCUT2D eigenvalue weighted by molar-refractivity contribution is 5.97. The number of carbonyl (C=O) groups excluding carboxylic acids is 2. The largest absolute Gasteiger partial charge is 0.507 e. The summed E-state index contributed by atoms with van der Waals surface area (Å²) in [5, 5.41) is 17.0. The third kappa shape index (κ3) is 4.44. The average Bonchev–Trinajstić information content (AvgIpc) is 3.77. The van der Waals surface area contributed by atoms with Gasteiger partial charge >= 0.3 is 0 Å². The van der Waals surface area contributed by atoms with Crippen LogP contribution < -0.4 is 11.1 Å². The van der Waals surface area contributed by atoms with Gasteiger partial charge in [0.25, 0.3) is 5.91 Å². The number of phenols is 1. The van der Waals surface area contributed by atoms with Crippen molar-refractivity contribution in [1.82, 2.24) is 34.6 Å². The number of amides is 1. The lowest BCUT2D eigenvalue weighted by atomic mass is 10.1. The molecule has 11 nitrogen and oxygen atoms in total. The minimum Gasteiger partial charge on any atom is -0.507 e. The summed E-state index contributed by atoms with van der Waals surface area (Å²) in [7, 11) is 0. The predicted molar refractivity (Wildman–Crippen MR) is 160 cm³/mol. The van der Waals surface area contributed by atoms with E-state index >= 15 is 0 Å². The van der Waals surface area contributed by atoms with Crippen LogP contribution in [0.25, 0.3) is 34.1 Å². The molecule has 4 aromatic heterocycles. The highest BCUT2D eigenvalue weighted by Gasteiger charge is 2.28. The number of imidazole rings is 1. The van der Waals surface area contributed by atoms with Gasteiger partial charge in [-0.1, -0.05) is 6.07 Å². The predicted octanol–water partition coefficient (Wildman–Crippen LogP) is 4.63. The molecule has 1 aliphatic rings. The summed E-state index contributed by atoms with van der Waals surface area (Å²) in [6.45, 7) is 1.97. The summed E-state index contributed by atoms with van der Waals surface area (Å²) < 4.78 is 18.1. The third-order valence-corrected chi connectivity index (χ3v) is 7.87. The van der Waals surface area contributed by atoms with Crippen molar-refractivity contribution >= 4 is 29.2 Å². The Labute approximate surface area is 249 Å². The van der Waals surface area contributed by atoms with Crippen LogP contribution in [0.5, 0.6) is 5.75 Å². The maximum Gasteiger partial charge on any atom is 0.254 e. The highest BCUT2D eigenvalue weighted by atomic mass is 19.1. The fourth-order valence-electron chi connectivity index (χ4n) is 5.71. The first-order valence-corrected chi connectivity index (χ1v) is 13.8. The fraction of sp³-hybridized carbons (Fsp3) is 0.125. The van der Waals surface area contributed by atoms with Crippen molar-refractivity contribution in [1.29, 1.82) is 0 Å². The van der Waals surface area contributed by atoms with Crippen molar-refractivity contribution in [2.24, 2.45) is 0 Å². The molecule has 4 heterocycles. The Balaban J connectivity index is 1.31. The molecule has 12 heteroatoms. The van der Waals surface area contributed by atoms with Gasteiger partial charge in [0, 0.05) is 30.3 Å². The molecular weight excluding hydrogens is 563 g/mol. The number of carbonyl (C=O) groups is 2. The molecular formula is C32H25FN8O3. The van der Waals surface area contributed by atoms with E-state index in [1.165, 1.54) is 0 Å². The Morgan fingerprint density at radius 1 is 1.14 bits per heavy atom. The van der Waals surface area contributed by atoms with Crippen molar-refractivity contribution < 1.29 is 19.1 Å². The van der Waals surface area contributed by atoms with E-state index in [1.807, 2.05) is 54.1 Å². The molecule has 1 amide bonds. The average molecular weight is 589 g/mol. The minimum absolute atomic E-state index is 0.162. The Kier molecular flexibility index (Phi) is 6.38. The molecule has 1 aliphatic carbocycles. The van der Waals surface area contributed by atoms with Gasteiger partial charge < -0.3 is 16.2 Å².